The standard InChI is InChI=1S/C28H39NO4Si/c1-22-18-29(26(30)33-27(2,3)4)19-23(31-20-22)21-32-34(28(5,6)7,24-14-10-8-11-15-24)25-16-12-9-13-17-25/h8-17,23H,1,18-21H2,2-7H3/t23-/m1/s1. The maximum Gasteiger partial charge on any atom is 0.410 e. The van der Waals surface area contributed by atoms with Gasteiger partial charge >= 0.3 is 6.09 Å². The highest BCUT2D eigenvalue weighted by atomic mass is 28.4. The maximum atomic E-state index is 12.8. The van der Waals surface area contributed by atoms with Crippen LogP contribution < -0.4 is 10.4 Å². The molecule has 1 atom stereocenters. The maximum absolute atomic E-state index is 12.8. The van der Waals surface area contributed by atoms with E-state index in [0.29, 0.717) is 26.3 Å². The van der Waals surface area contributed by atoms with Gasteiger partial charge in [0.25, 0.3) is 8.32 Å². The first-order valence-corrected chi connectivity index (χ1v) is 13.8. The number of benzene rings is 2. The van der Waals surface area contributed by atoms with Crippen molar-refractivity contribution >= 4 is 24.8 Å². The largest absolute Gasteiger partial charge is 0.444 e. The van der Waals surface area contributed by atoms with Gasteiger partial charge in [-0.2, -0.15) is 0 Å². The molecule has 0 saturated carbocycles. The van der Waals surface area contributed by atoms with Crippen LogP contribution in [0.2, 0.25) is 5.04 Å². The molecule has 2 aromatic rings. The van der Waals surface area contributed by atoms with Crippen molar-refractivity contribution in [3.8, 4) is 0 Å². The minimum atomic E-state index is -2.69. The van der Waals surface area contributed by atoms with Crippen molar-refractivity contribution in [1.82, 2.24) is 4.90 Å². The lowest BCUT2D eigenvalue weighted by Crippen LogP contribution is -2.67. The van der Waals surface area contributed by atoms with E-state index in [-0.39, 0.29) is 17.2 Å². The predicted octanol–water partition coefficient (Wildman–Crippen LogP) is 4.76. The average Bonchev–Trinajstić information content (AvgIpc) is 2.95. The van der Waals surface area contributed by atoms with Gasteiger partial charge < -0.3 is 18.8 Å². The number of amides is 1. The molecule has 0 radical (unpaired) electrons. The van der Waals surface area contributed by atoms with Crippen molar-refractivity contribution in [2.24, 2.45) is 0 Å². The van der Waals surface area contributed by atoms with Gasteiger partial charge in [-0.15, -0.1) is 0 Å². The number of ether oxygens (including phenoxy) is 2. The van der Waals surface area contributed by atoms with Gasteiger partial charge in [0.05, 0.1) is 25.9 Å². The molecule has 1 amide bonds. The summed E-state index contributed by atoms with van der Waals surface area (Å²) >= 11 is 0. The van der Waals surface area contributed by atoms with Crippen LogP contribution in [0.1, 0.15) is 41.5 Å². The minimum absolute atomic E-state index is 0.130. The molecular weight excluding hydrogens is 442 g/mol. The number of hydrogen-bond donors (Lipinski definition) is 0. The first kappa shape index (κ1) is 26.2. The van der Waals surface area contributed by atoms with Crippen LogP contribution in [0.4, 0.5) is 4.79 Å². The summed E-state index contributed by atoms with van der Waals surface area (Å²) in [5.74, 6) is 0. The van der Waals surface area contributed by atoms with Crippen molar-refractivity contribution in [2.75, 3.05) is 26.3 Å². The quantitative estimate of drug-likeness (QED) is 0.457. The van der Waals surface area contributed by atoms with Crippen LogP contribution in [0, 0.1) is 0 Å². The zero-order valence-electron chi connectivity index (χ0n) is 21.5. The smallest absolute Gasteiger partial charge is 0.410 e. The van der Waals surface area contributed by atoms with Gasteiger partial charge in [-0.05, 0) is 41.8 Å². The molecule has 0 spiro atoms. The summed E-state index contributed by atoms with van der Waals surface area (Å²) in [6.45, 7) is 18.0. The first-order valence-electron chi connectivity index (χ1n) is 11.9. The number of rotatable bonds is 5. The Kier molecular flexibility index (Phi) is 8.06. The molecule has 5 nitrogen and oxygen atoms in total. The van der Waals surface area contributed by atoms with Crippen LogP contribution in [0.3, 0.4) is 0 Å². The van der Waals surface area contributed by atoms with E-state index < -0.39 is 13.9 Å². The lowest BCUT2D eigenvalue weighted by Gasteiger charge is -2.43. The van der Waals surface area contributed by atoms with Gasteiger partial charge in [0.15, 0.2) is 0 Å². The molecule has 2 aromatic carbocycles. The summed E-state index contributed by atoms with van der Waals surface area (Å²) in [5.41, 5.74) is 0.283. The summed E-state index contributed by atoms with van der Waals surface area (Å²) in [6, 6.07) is 21.1. The van der Waals surface area contributed by atoms with Crippen LogP contribution in [0.25, 0.3) is 0 Å². The third kappa shape index (κ3) is 6.17. The van der Waals surface area contributed by atoms with Crippen LogP contribution in [-0.4, -0.2) is 57.3 Å². The van der Waals surface area contributed by atoms with E-state index in [1.807, 2.05) is 32.9 Å². The Labute approximate surface area is 205 Å². The van der Waals surface area contributed by atoms with E-state index in [2.05, 4.69) is 75.9 Å². The van der Waals surface area contributed by atoms with Crippen LogP contribution in [0.5, 0.6) is 0 Å². The molecule has 0 aromatic heterocycles. The second kappa shape index (κ2) is 10.5. The first-order chi connectivity index (χ1) is 15.9. The summed E-state index contributed by atoms with van der Waals surface area (Å²) in [5, 5.41) is 2.31. The minimum Gasteiger partial charge on any atom is -0.444 e. The fourth-order valence-electron chi connectivity index (χ4n) is 4.46. The molecule has 1 aliphatic heterocycles. The Hall–Kier alpha value is -2.41. The number of carbonyl (C=O) groups excluding carboxylic acids is 1. The summed E-state index contributed by atoms with van der Waals surface area (Å²) in [6.07, 6.45) is -0.636. The Morgan fingerprint density at radius 1 is 1.00 bits per heavy atom. The highest BCUT2D eigenvalue weighted by molar-refractivity contribution is 6.99. The summed E-state index contributed by atoms with van der Waals surface area (Å²) in [7, 11) is -2.69. The van der Waals surface area contributed by atoms with Crippen molar-refractivity contribution in [1.29, 1.82) is 0 Å². The van der Waals surface area contributed by atoms with Crippen molar-refractivity contribution in [3.05, 3.63) is 72.8 Å². The van der Waals surface area contributed by atoms with Crippen LogP contribution >= 0.6 is 0 Å². The van der Waals surface area contributed by atoms with Gasteiger partial charge in [-0.3, -0.25) is 0 Å². The molecule has 0 bridgehead atoms. The molecule has 0 aliphatic carbocycles. The number of carbonyl (C=O) groups is 1. The van der Waals surface area contributed by atoms with Crippen molar-refractivity contribution < 1.29 is 18.7 Å². The SMILES string of the molecule is C=C1CO[C@@H](CO[Si](c2ccccc2)(c2ccccc2)C(C)(C)C)CN(C(=O)OC(C)(C)C)C1. The summed E-state index contributed by atoms with van der Waals surface area (Å²) in [4.78, 5) is 14.5. The van der Waals surface area contributed by atoms with Gasteiger partial charge in [0, 0.05) is 6.54 Å². The molecule has 0 N–H and O–H groups in total. The Morgan fingerprint density at radius 2 is 1.53 bits per heavy atom. The third-order valence-corrected chi connectivity index (χ3v) is 10.9. The molecule has 184 valence electrons. The Morgan fingerprint density at radius 3 is 2.00 bits per heavy atom. The van der Waals surface area contributed by atoms with Crippen molar-refractivity contribution in [2.45, 2.75) is 58.3 Å². The Balaban J connectivity index is 1.91. The van der Waals surface area contributed by atoms with Crippen LogP contribution in [-0.2, 0) is 13.9 Å². The zero-order valence-corrected chi connectivity index (χ0v) is 22.5. The van der Waals surface area contributed by atoms with E-state index in [1.165, 1.54) is 10.4 Å². The topological polar surface area (TPSA) is 48.0 Å². The lowest BCUT2D eigenvalue weighted by molar-refractivity contribution is 0.00252. The summed E-state index contributed by atoms with van der Waals surface area (Å²) < 4.78 is 18.8. The van der Waals surface area contributed by atoms with E-state index >= 15 is 0 Å². The second-order valence-corrected chi connectivity index (χ2v) is 15.3. The molecule has 34 heavy (non-hydrogen) atoms. The Bertz CT molecular complexity index is 924. The van der Waals surface area contributed by atoms with Gasteiger partial charge in [0.1, 0.15) is 5.60 Å². The van der Waals surface area contributed by atoms with Gasteiger partial charge in [-0.25, -0.2) is 4.79 Å². The van der Waals surface area contributed by atoms with Crippen LogP contribution in [0.15, 0.2) is 72.8 Å². The highest BCUT2D eigenvalue weighted by Gasteiger charge is 2.50. The van der Waals surface area contributed by atoms with Gasteiger partial charge in [0.2, 0.25) is 0 Å². The second-order valence-electron chi connectivity index (χ2n) is 11.0. The molecule has 1 aliphatic rings. The monoisotopic (exact) mass is 481 g/mol. The zero-order chi connectivity index (χ0) is 25.0. The fourth-order valence-corrected chi connectivity index (χ4v) is 9.05. The lowest BCUT2D eigenvalue weighted by atomic mass is 10.2. The third-order valence-electron chi connectivity index (χ3n) is 5.92. The molecule has 1 fully saturated rings. The van der Waals surface area contributed by atoms with Gasteiger partial charge in [-0.1, -0.05) is 88.0 Å². The normalized spacial score (nSPS) is 17.9. The molecule has 1 heterocycles. The molecule has 6 heteroatoms. The molecule has 0 unspecified atom stereocenters. The average molecular weight is 482 g/mol. The number of nitrogens with zero attached hydrogens (tertiary/aromatic N) is 1. The van der Waals surface area contributed by atoms with E-state index in [9.17, 15) is 4.79 Å². The molecule has 3 rings (SSSR count). The van der Waals surface area contributed by atoms with Crippen molar-refractivity contribution in [3.63, 3.8) is 0 Å². The molecular formula is C28H39NO4Si. The predicted molar refractivity (Wildman–Crippen MR) is 140 cm³/mol. The molecule has 1 saturated heterocycles. The van der Waals surface area contributed by atoms with E-state index in [0.717, 1.165) is 5.57 Å². The highest BCUT2D eigenvalue weighted by Crippen LogP contribution is 2.37. The fraction of sp³-hybridized carbons (Fsp3) is 0.464. The number of hydrogen-bond acceptors (Lipinski definition) is 4. The van der Waals surface area contributed by atoms with E-state index in [1.54, 1.807) is 4.90 Å². The van der Waals surface area contributed by atoms with E-state index in [4.69, 9.17) is 13.9 Å².